The predicted octanol–water partition coefficient (Wildman–Crippen LogP) is 8.26. The summed E-state index contributed by atoms with van der Waals surface area (Å²) in [5, 5.41) is 8.95. The average Bonchev–Trinajstić information content (AvgIpc) is 3.81. The van der Waals surface area contributed by atoms with Crippen molar-refractivity contribution in [1.82, 2.24) is 4.98 Å². The van der Waals surface area contributed by atoms with E-state index in [1.165, 1.54) is 38.1 Å². The fraction of sp³-hybridized carbons (Fsp3) is 0.394. The lowest BCUT2D eigenvalue weighted by atomic mass is 9.71. The number of ether oxygens (including phenoxy) is 2. The number of carboxylic acid groups (broad SMARTS) is 1. The van der Waals surface area contributed by atoms with E-state index in [4.69, 9.17) is 14.6 Å². The maximum atomic E-state index is 15.0. The fourth-order valence-corrected chi connectivity index (χ4v) is 4.76. The van der Waals surface area contributed by atoms with Gasteiger partial charge in [0.1, 0.15) is 18.2 Å². The maximum absolute atomic E-state index is 15.0. The third-order valence-electron chi connectivity index (χ3n) is 7.07. The summed E-state index contributed by atoms with van der Waals surface area (Å²) in [5.41, 5.74) is 5.29. The highest BCUT2D eigenvalue weighted by molar-refractivity contribution is 5.84. The zero-order valence-electron chi connectivity index (χ0n) is 23.1. The molecule has 0 spiro atoms. The number of aromatic nitrogens is 1. The molecule has 206 valence electrons. The van der Waals surface area contributed by atoms with Crippen LogP contribution in [0.2, 0.25) is 0 Å². The standard InChI is InChI=1S/C30H32FNO4.C3H6/c1-30(2)14-5-4-9-26(30)24-16-21(10-12-23(24)25-17-28(35-3)32-18-27(25)31)19-36-22-8-6-7-20(15-22)11-13-29(33)34;1-2-3-1/h6-10,12,15-18H,4-5,11,13-14,19H2,1-3H3,(H,33,34);1-3H2. The van der Waals surface area contributed by atoms with Gasteiger partial charge in [0.2, 0.25) is 5.88 Å². The topological polar surface area (TPSA) is 68.7 Å². The number of aryl methyl sites for hydroxylation is 1. The lowest BCUT2D eigenvalue weighted by molar-refractivity contribution is -0.136. The molecule has 2 aliphatic carbocycles. The van der Waals surface area contributed by atoms with Crippen LogP contribution in [0.1, 0.15) is 75.5 Å². The van der Waals surface area contributed by atoms with Gasteiger partial charge in [-0.1, -0.05) is 63.5 Å². The van der Waals surface area contributed by atoms with E-state index < -0.39 is 11.8 Å². The second-order valence-electron chi connectivity index (χ2n) is 10.9. The summed E-state index contributed by atoms with van der Waals surface area (Å²) >= 11 is 0. The van der Waals surface area contributed by atoms with E-state index >= 15 is 0 Å². The van der Waals surface area contributed by atoms with Crippen molar-refractivity contribution in [1.29, 1.82) is 0 Å². The van der Waals surface area contributed by atoms with Gasteiger partial charge < -0.3 is 14.6 Å². The number of aliphatic carboxylic acids is 1. The Morgan fingerprint density at radius 1 is 1.00 bits per heavy atom. The largest absolute Gasteiger partial charge is 0.489 e. The Morgan fingerprint density at radius 2 is 1.79 bits per heavy atom. The summed E-state index contributed by atoms with van der Waals surface area (Å²) in [6.07, 6.45) is 11.7. The summed E-state index contributed by atoms with van der Waals surface area (Å²) in [5.74, 6) is -0.166. The minimum atomic E-state index is -0.822. The van der Waals surface area contributed by atoms with Crippen LogP contribution in [-0.4, -0.2) is 23.2 Å². The molecule has 5 rings (SSSR count). The number of allylic oxidation sites excluding steroid dienone is 2. The molecule has 1 aromatic heterocycles. The number of halogens is 1. The molecule has 0 saturated heterocycles. The normalized spacial score (nSPS) is 15.4. The fourth-order valence-electron chi connectivity index (χ4n) is 4.76. The number of nitrogens with zero attached hydrogens (tertiary/aromatic N) is 1. The van der Waals surface area contributed by atoms with Gasteiger partial charge in [0.05, 0.1) is 13.3 Å². The van der Waals surface area contributed by atoms with Crippen LogP contribution in [0.25, 0.3) is 16.7 Å². The predicted molar refractivity (Wildman–Crippen MR) is 152 cm³/mol. The average molecular weight is 532 g/mol. The number of pyridine rings is 1. The third-order valence-corrected chi connectivity index (χ3v) is 7.07. The Bertz CT molecular complexity index is 1330. The first-order valence-electron chi connectivity index (χ1n) is 13.7. The number of rotatable bonds is 9. The van der Waals surface area contributed by atoms with Crippen LogP contribution in [0.5, 0.6) is 11.6 Å². The smallest absolute Gasteiger partial charge is 0.303 e. The Labute approximate surface area is 230 Å². The maximum Gasteiger partial charge on any atom is 0.303 e. The van der Waals surface area contributed by atoms with Crippen LogP contribution in [0.3, 0.4) is 0 Å². The lowest BCUT2D eigenvalue weighted by Gasteiger charge is -2.33. The van der Waals surface area contributed by atoms with Crippen molar-refractivity contribution in [2.45, 2.75) is 71.8 Å². The first-order chi connectivity index (χ1) is 18.8. The van der Waals surface area contributed by atoms with Crippen molar-refractivity contribution in [3.8, 4) is 22.8 Å². The van der Waals surface area contributed by atoms with Gasteiger partial charge in [0.25, 0.3) is 0 Å². The van der Waals surface area contributed by atoms with Crippen molar-refractivity contribution < 1.29 is 23.8 Å². The van der Waals surface area contributed by atoms with E-state index in [0.29, 0.717) is 30.2 Å². The van der Waals surface area contributed by atoms with Crippen molar-refractivity contribution >= 4 is 11.5 Å². The van der Waals surface area contributed by atoms with Gasteiger partial charge in [0.15, 0.2) is 0 Å². The van der Waals surface area contributed by atoms with Crippen molar-refractivity contribution in [3.63, 3.8) is 0 Å². The monoisotopic (exact) mass is 531 g/mol. The van der Waals surface area contributed by atoms with E-state index in [1.807, 2.05) is 36.4 Å². The zero-order valence-corrected chi connectivity index (χ0v) is 23.1. The molecule has 0 amide bonds. The lowest BCUT2D eigenvalue weighted by Crippen LogP contribution is -2.18. The van der Waals surface area contributed by atoms with E-state index in [1.54, 1.807) is 6.07 Å². The molecule has 1 heterocycles. The molecule has 0 bridgehead atoms. The third kappa shape index (κ3) is 7.92. The molecular weight excluding hydrogens is 493 g/mol. The molecule has 1 saturated carbocycles. The van der Waals surface area contributed by atoms with E-state index in [9.17, 15) is 9.18 Å². The molecule has 0 radical (unpaired) electrons. The first-order valence-corrected chi connectivity index (χ1v) is 13.7. The highest BCUT2D eigenvalue weighted by atomic mass is 19.1. The Balaban J connectivity index is 0.00000110. The van der Waals surface area contributed by atoms with Crippen LogP contribution in [-0.2, 0) is 17.8 Å². The molecule has 2 aromatic carbocycles. The van der Waals surface area contributed by atoms with Crippen LogP contribution in [0.15, 0.2) is 60.8 Å². The second kappa shape index (κ2) is 12.9. The van der Waals surface area contributed by atoms with Gasteiger partial charge in [-0.2, -0.15) is 0 Å². The molecule has 6 heteroatoms. The number of carboxylic acids is 1. The minimum absolute atomic E-state index is 0.0431. The number of hydrogen-bond donors (Lipinski definition) is 1. The summed E-state index contributed by atoms with van der Waals surface area (Å²) < 4.78 is 26.3. The molecule has 1 fully saturated rings. The first kappa shape index (κ1) is 28.3. The van der Waals surface area contributed by atoms with Crippen LogP contribution in [0, 0.1) is 11.2 Å². The van der Waals surface area contributed by atoms with Crippen molar-refractivity contribution in [3.05, 3.63) is 83.3 Å². The van der Waals surface area contributed by atoms with E-state index in [0.717, 1.165) is 41.5 Å². The molecule has 3 aromatic rings. The summed E-state index contributed by atoms with van der Waals surface area (Å²) in [7, 11) is 1.52. The van der Waals surface area contributed by atoms with Gasteiger partial charge in [-0.3, -0.25) is 4.79 Å². The molecule has 5 nitrogen and oxygen atoms in total. The minimum Gasteiger partial charge on any atom is -0.489 e. The summed E-state index contributed by atoms with van der Waals surface area (Å²) in [6.45, 7) is 4.81. The molecule has 1 N–H and O–H groups in total. The van der Waals surface area contributed by atoms with Crippen LogP contribution < -0.4 is 9.47 Å². The number of benzene rings is 2. The SMILES string of the molecule is C1CC1.COc1cc(-c2ccc(COc3cccc(CCC(=O)O)c3)cc2C2=CCCCC2(C)C)c(F)cn1. The van der Waals surface area contributed by atoms with Crippen LogP contribution in [0.4, 0.5) is 4.39 Å². The highest BCUT2D eigenvalue weighted by Crippen LogP contribution is 2.46. The molecule has 0 unspecified atom stereocenters. The molecule has 2 aliphatic rings. The Kier molecular flexibility index (Phi) is 9.39. The van der Waals surface area contributed by atoms with Crippen molar-refractivity contribution in [2.24, 2.45) is 5.41 Å². The zero-order chi connectivity index (χ0) is 27.8. The quantitative estimate of drug-likeness (QED) is 0.301. The van der Waals surface area contributed by atoms with Gasteiger partial charge in [-0.15, -0.1) is 0 Å². The number of methoxy groups -OCH3 is 1. The molecular formula is C33H38FNO4. The number of carbonyl (C=O) groups is 1. The van der Waals surface area contributed by atoms with Crippen molar-refractivity contribution in [2.75, 3.05) is 7.11 Å². The van der Waals surface area contributed by atoms with E-state index in [-0.39, 0.29) is 11.8 Å². The van der Waals surface area contributed by atoms with Gasteiger partial charge in [-0.25, -0.2) is 9.37 Å². The second-order valence-corrected chi connectivity index (χ2v) is 10.9. The highest BCUT2D eigenvalue weighted by Gasteiger charge is 2.29. The van der Waals surface area contributed by atoms with Gasteiger partial charge in [0, 0.05) is 18.1 Å². The van der Waals surface area contributed by atoms with Gasteiger partial charge in [-0.05, 0) is 77.1 Å². The van der Waals surface area contributed by atoms with Crippen LogP contribution >= 0.6 is 0 Å². The Morgan fingerprint density at radius 3 is 2.49 bits per heavy atom. The van der Waals surface area contributed by atoms with Gasteiger partial charge >= 0.3 is 5.97 Å². The molecule has 0 atom stereocenters. The Hall–Kier alpha value is -3.67. The molecule has 39 heavy (non-hydrogen) atoms. The summed E-state index contributed by atoms with van der Waals surface area (Å²) in [4.78, 5) is 14.9. The van der Waals surface area contributed by atoms with E-state index in [2.05, 4.69) is 31.0 Å². The number of hydrogen-bond acceptors (Lipinski definition) is 4. The summed E-state index contributed by atoms with van der Waals surface area (Å²) in [6, 6.07) is 15.1. The molecule has 0 aliphatic heterocycles.